The Labute approximate surface area is 42.0 Å². The van der Waals surface area contributed by atoms with E-state index in [1.165, 1.54) is 0 Å². The third-order valence-electron chi connectivity index (χ3n) is 0.168. The molecule has 0 saturated carbocycles. The van der Waals surface area contributed by atoms with Gasteiger partial charge in [0, 0.05) is 0 Å². The summed E-state index contributed by atoms with van der Waals surface area (Å²) in [5.41, 5.74) is 1.06. The fraction of sp³-hybridized carbons (Fsp3) is 0. The first-order valence-corrected chi connectivity index (χ1v) is 2.87. The summed E-state index contributed by atoms with van der Waals surface area (Å²) in [7, 11) is -2.01. The van der Waals surface area contributed by atoms with Gasteiger partial charge in [0.15, 0.2) is 0 Å². The lowest BCUT2D eigenvalue weighted by atomic mass is 11.6. The van der Waals surface area contributed by atoms with Crippen molar-refractivity contribution in [3.63, 3.8) is 0 Å². The summed E-state index contributed by atoms with van der Waals surface area (Å²) in [5, 5.41) is 2.07. The first kappa shape index (κ1) is 6.24. The Morgan fingerprint density at radius 3 is 2.17 bits per heavy atom. The third kappa shape index (κ3) is 4.24. The van der Waals surface area contributed by atoms with E-state index in [9.17, 15) is 0 Å². The molecule has 0 fully saturated rings. The molecule has 36 valence electrons. The normalized spacial score (nSPS) is 8.50. The van der Waals surface area contributed by atoms with Crippen LogP contribution in [-0.4, -0.2) is 15.3 Å². The molecule has 0 atom stereocenters. The van der Waals surface area contributed by atoms with Gasteiger partial charge in [0.05, 0.1) is 5.49 Å². The smallest absolute Gasteiger partial charge is 0.281 e. The van der Waals surface area contributed by atoms with Gasteiger partial charge >= 0.3 is 0 Å². The van der Waals surface area contributed by atoms with Crippen molar-refractivity contribution in [2.75, 3.05) is 0 Å². The minimum absolute atomic E-state index is 1.06. The van der Waals surface area contributed by atoms with Gasteiger partial charge in [-0.1, -0.05) is 12.2 Å². The van der Waals surface area contributed by atoms with Crippen molar-refractivity contribution in [3.8, 4) is 0 Å². The first-order chi connectivity index (χ1) is 2.77. The molecule has 0 aromatic carbocycles. The Hall–Kier alpha value is 0.240. The van der Waals surface area contributed by atoms with E-state index in [-0.39, 0.29) is 0 Å². The van der Waals surface area contributed by atoms with Gasteiger partial charge in [-0.05, 0) is 0 Å². The van der Waals surface area contributed by atoms with Crippen molar-refractivity contribution in [1.82, 2.24) is 5.09 Å². The number of hydrogen-bond donors (Lipinski definition) is 3. The van der Waals surface area contributed by atoms with Crippen molar-refractivity contribution in [3.05, 3.63) is 0 Å². The van der Waals surface area contributed by atoms with Gasteiger partial charge in [-0.3, -0.25) is 0 Å². The molecule has 6 heavy (non-hydrogen) atoms. The molecular weight excluding hydrogens is 121 g/mol. The maximum absolute atomic E-state index is 7.96. The summed E-state index contributed by atoms with van der Waals surface area (Å²) in [6, 6.07) is 0. The molecule has 0 amide bonds. The highest BCUT2D eigenvalue weighted by atomic mass is 32.1. The van der Waals surface area contributed by atoms with Crippen LogP contribution in [0.25, 0.3) is 0 Å². The van der Waals surface area contributed by atoms with Crippen LogP contribution < -0.4 is 5.09 Å². The molecule has 0 aromatic heterocycles. The fourth-order valence-corrected chi connectivity index (χ4v) is 0.424. The van der Waals surface area contributed by atoms with E-state index in [1.54, 1.807) is 0 Å². The monoisotopic (exact) mass is 125 g/mol. The second-order valence-electron chi connectivity index (χ2n) is 0.536. The molecule has 5 heteroatoms. The van der Waals surface area contributed by atoms with Crippen LogP contribution in [0.5, 0.6) is 0 Å². The van der Waals surface area contributed by atoms with Gasteiger partial charge < -0.3 is 14.9 Å². The van der Waals surface area contributed by atoms with Gasteiger partial charge in [0.25, 0.3) is 8.53 Å². The Kier molecular flexibility index (Phi) is 3.57. The summed E-state index contributed by atoms with van der Waals surface area (Å²) in [5.74, 6) is 0. The molecule has 0 heterocycles. The van der Waals surface area contributed by atoms with Gasteiger partial charge in [0.2, 0.25) is 0 Å². The lowest BCUT2D eigenvalue weighted by Gasteiger charge is -1.93. The fourth-order valence-electron chi connectivity index (χ4n) is 0.0471. The number of nitrogens with one attached hydrogen (secondary N) is 1. The SMILES string of the molecule is OP(O)NC=S. The maximum Gasteiger partial charge on any atom is 0.281 e. The summed E-state index contributed by atoms with van der Waals surface area (Å²) < 4.78 is 0. The van der Waals surface area contributed by atoms with E-state index < -0.39 is 8.53 Å². The van der Waals surface area contributed by atoms with Crippen LogP contribution in [-0.2, 0) is 0 Å². The van der Waals surface area contributed by atoms with Gasteiger partial charge in [0.1, 0.15) is 0 Å². The van der Waals surface area contributed by atoms with E-state index in [1.807, 2.05) is 0 Å². The lowest BCUT2D eigenvalue weighted by Crippen LogP contribution is -1.98. The Morgan fingerprint density at radius 2 is 2.17 bits per heavy atom. The zero-order valence-corrected chi connectivity index (χ0v) is 4.54. The van der Waals surface area contributed by atoms with E-state index in [4.69, 9.17) is 9.79 Å². The molecule has 0 aliphatic rings. The van der Waals surface area contributed by atoms with Crippen LogP contribution in [0.4, 0.5) is 0 Å². The average Bonchev–Trinajstić information content (AvgIpc) is 1.35. The molecule has 3 N–H and O–H groups in total. The quantitative estimate of drug-likeness (QED) is 0.351. The Bertz CT molecular complexity index is 48.8. The zero-order valence-electron chi connectivity index (χ0n) is 2.83. The molecule has 0 radical (unpaired) electrons. The molecule has 0 aliphatic heterocycles. The van der Waals surface area contributed by atoms with Crippen LogP contribution in [0.2, 0.25) is 0 Å². The number of hydrogen-bond acceptors (Lipinski definition) is 3. The van der Waals surface area contributed by atoms with Crippen molar-refractivity contribution >= 4 is 26.2 Å². The Morgan fingerprint density at radius 1 is 1.67 bits per heavy atom. The molecule has 0 bridgehead atoms. The highest BCUT2D eigenvalue weighted by molar-refractivity contribution is 7.79. The zero-order chi connectivity index (χ0) is 4.99. The van der Waals surface area contributed by atoms with Crippen LogP contribution >= 0.6 is 20.7 Å². The van der Waals surface area contributed by atoms with Gasteiger partial charge in [-0.2, -0.15) is 0 Å². The molecular formula is CH4NO2PS. The third-order valence-corrected chi connectivity index (χ3v) is 0.821. The number of thiocarbonyl (C=S) groups is 1. The second-order valence-corrected chi connectivity index (χ2v) is 1.61. The topological polar surface area (TPSA) is 52.5 Å². The standard InChI is InChI=1S/CH4NO2PS/c3-5(4)2-1-6/h1,3-4H,(H,2,6). The van der Waals surface area contributed by atoms with Crippen molar-refractivity contribution in [2.45, 2.75) is 0 Å². The summed E-state index contributed by atoms with van der Waals surface area (Å²) in [6.07, 6.45) is 0. The highest BCUT2D eigenvalue weighted by Gasteiger charge is 1.86. The second kappa shape index (κ2) is 3.43. The van der Waals surface area contributed by atoms with Crippen molar-refractivity contribution in [2.24, 2.45) is 0 Å². The van der Waals surface area contributed by atoms with E-state index in [0.717, 1.165) is 5.49 Å². The molecule has 0 saturated heterocycles. The lowest BCUT2D eigenvalue weighted by molar-refractivity contribution is 0.478. The molecule has 0 aromatic rings. The molecule has 0 unspecified atom stereocenters. The van der Waals surface area contributed by atoms with Crippen LogP contribution in [0.1, 0.15) is 0 Å². The largest absolute Gasteiger partial charge is 0.334 e. The maximum atomic E-state index is 7.96. The Balaban J connectivity index is 2.81. The molecule has 0 spiro atoms. The summed E-state index contributed by atoms with van der Waals surface area (Å²) in [4.78, 5) is 15.9. The summed E-state index contributed by atoms with van der Waals surface area (Å²) in [6.45, 7) is 0. The molecule has 0 rings (SSSR count). The predicted octanol–water partition coefficient (Wildman–Crippen LogP) is -0.255. The highest BCUT2D eigenvalue weighted by Crippen LogP contribution is 2.12. The van der Waals surface area contributed by atoms with Crippen LogP contribution in [0, 0.1) is 0 Å². The van der Waals surface area contributed by atoms with Crippen LogP contribution in [0.3, 0.4) is 0 Å². The van der Waals surface area contributed by atoms with Crippen molar-refractivity contribution in [1.29, 1.82) is 0 Å². The predicted molar refractivity (Wildman–Crippen MR) is 28.1 cm³/mol. The van der Waals surface area contributed by atoms with Crippen molar-refractivity contribution < 1.29 is 9.79 Å². The van der Waals surface area contributed by atoms with E-state index in [0.29, 0.717) is 0 Å². The van der Waals surface area contributed by atoms with Gasteiger partial charge in [-0.25, -0.2) is 0 Å². The van der Waals surface area contributed by atoms with E-state index in [2.05, 4.69) is 17.3 Å². The average molecular weight is 125 g/mol. The number of rotatable bonds is 2. The van der Waals surface area contributed by atoms with Crippen LogP contribution in [0.15, 0.2) is 0 Å². The van der Waals surface area contributed by atoms with Gasteiger partial charge in [-0.15, -0.1) is 0 Å². The summed E-state index contributed by atoms with van der Waals surface area (Å²) >= 11 is 4.19. The van der Waals surface area contributed by atoms with E-state index >= 15 is 0 Å². The minimum Gasteiger partial charge on any atom is -0.334 e. The molecule has 0 aliphatic carbocycles. The molecule has 3 nitrogen and oxygen atoms in total. The minimum atomic E-state index is -2.01. The first-order valence-electron chi connectivity index (χ1n) is 1.15.